The van der Waals surface area contributed by atoms with Crippen molar-refractivity contribution in [2.45, 2.75) is 63.4 Å². The summed E-state index contributed by atoms with van der Waals surface area (Å²) in [4.78, 5) is 0. The predicted molar refractivity (Wildman–Crippen MR) is 147 cm³/mol. The van der Waals surface area contributed by atoms with Gasteiger partial charge in [-0.15, -0.1) is 0 Å². The van der Waals surface area contributed by atoms with Crippen molar-refractivity contribution in [2.75, 3.05) is 18.5 Å². The molecular weight excluding hydrogens is 500 g/mol. The van der Waals surface area contributed by atoms with E-state index in [0.29, 0.717) is 23.8 Å². The van der Waals surface area contributed by atoms with Gasteiger partial charge < -0.3 is 14.6 Å². The van der Waals surface area contributed by atoms with E-state index in [0.717, 1.165) is 56.6 Å². The predicted octanol–water partition coefficient (Wildman–Crippen LogP) is 7.64. The van der Waals surface area contributed by atoms with Crippen LogP contribution in [-0.4, -0.2) is 29.8 Å². The lowest BCUT2D eigenvalue weighted by atomic mass is 9.69. The van der Waals surface area contributed by atoms with Gasteiger partial charge in [0.2, 0.25) is 0 Å². The average molecular weight is 538 g/mol. The Morgan fingerprint density at radius 3 is 2.34 bits per heavy atom. The maximum absolute atomic E-state index is 9.70. The second-order valence-corrected chi connectivity index (χ2v) is 10.1. The van der Waals surface area contributed by atoms with Crippen LogP contribution in [0.2, 0.25) is 0 Å². The minimum absolute atomic E-state index is 0.300. The lowest BCUT2D eigenvalue weighted by Gasteiger charge is -2.35. The molecular formula is C31H37BrO3. The molecule has 186 valence electrons. The zero-order valence-electron chi connectivity index (χ0n) is 20.7. The first-order chi connectivity index (χ1) is 17.2. The normalized spacial score (nSPS) is 18.0. The van der Waals surface area contributed by atoms with Gasteiger partial charge in [-0.05, 0) is 84.5 Å². The standard InChI is InChI=1S/C31H37BrO3/c1-2-3-19-35-28-16-18-30-25(21-28)13-17-29(23-8-5-4-6-9-23)31(30)24-11-14-27(15-12-24)34-20-7-10-26(33)22-32/h4-6,8-9,11-12,14-16,18,21,26,29,31,33H,2-3,7,10,13,17,19-20,22H2,1H3/t26?,29-,31+/m1/s1. The summed E-state index contributed by atoms with van der Waals surface area (Å²) in [6.07, 6.45) is 5.69. The van der Waals surface area contributed by atoms with Crippen LogP contribution in [0.1, 0.15) is 73.1 Å². The van der Waals surface area contributed by atoms with Crippen LogP contribution >= 0.6 is 15.9 Å². The van der Waals surface area contributed by atoms with E-state index in [4.69, 9.17) is 9.47 Å². The Morgan fingerprint density at radius 2 is 1.60 bits per heavy atom. The minimum Gasteiger partial charge on any atom is -0.494 e. The van der Waals surface area contributed by atoms with Gasteiger partial charge in [-0.25, -0.2) is 0 Å². The van der Waals surface area contributed by atoms with Crippen LogP contribution in [0.4, 0.5) is 0 Å². The topological polar surface area (TPSA) is 38.7 Å². The molecule has 0 fully saturated rings. The molecule has 0 aliphatic heterocycles. The Balaban J connectivity index is 1.55. The van der Waals surface area contributed by atoms with Crippen LogP contribution in [-0.2, 0) is 6.42 Å². The molecule has 4 heteroatoms. The SMILES string of the molecule is CCCCOc1ccc2c(c1)CC[C@H](c1ccccc1)[C@@H]2c1ccc(OCCCC(O)CBr)cc1. The number of hydrogen-bond acceptors (Lipinski definition) is 3. The number of aliphatic hydroxyl groups excluding tert-OH is 1. The lowest BCUT2D eigenvalue weighted by molar-refractivity contribution is 0.175. The van der Waals surface area contributed by atoms with E-state index in [1.807, 2.05) is 0 Å². The number of rotatable bonds is 12. The van der Waals surface area contributed by atoms with E-state index < -0.39 is 0 Å². The Hall–Kier alpha value is -2.30. The average Bonchev–Trinajstić information content (AvgIpc) is 2.91. The fourth-order valence-corrected chi connectivity index (χ4v) is 5.37. The van der Waals surface area contributed by atoms with Crippen LogP contribution in [0.3, 0.4) is 0 Å². The highest BCUT2D eigenvalue weighted by atomic mass is 79.9. The van der Waals surface area contributed by atoms with Crippen molar-refractivity contribution >= 4 is 15.9 Å². The monoisotopic (exact) mass is 536 g/mol. The van der Waals surface area contributed by atoms with E-state index in [1.165, 1.54) is 22.3 Å². The van der Waals surface area contributed by atoms with Gasteiger partial charge in [-0.1, -0.05) is 77.8 Å². The van der Waals surface area contributed by atoms with Crippen molar-refractivity contribution in [1.29, 1.82) is 0 Å². The molecule has 0 heterocycles. The highest BCUT2D eigenvalue weighted by Gasteiger charge is 2.32. The summed E-state index contributed by atoms with van der Waals surface area (Å²) in [6.45, 7) is 3.58. The van der Waals surface area contributed by atoms with E-state index in [1.54, 1.807) is 0 Å². The molecule has 0 spiro atoms. The van der Waals surface area contributed by atoms with Gasteiger partial charge in [-0.2, -0.15) is 0 Å². The fraction of sp³-hybridized carbons (Fsp3) is 0.419. The summed E-state index contributed by atoms with van der Waals surface area (Å²) in [7, 11) is 0. The second kappa shape index (κ2) is 13.1. The second-order valence-electron chi connectivity index (χ2n) is 9.46. The molecule has 3 aromatic rings. The first-order valence-corrected chi connectivity index (χ1v) is 14.1. The first-order valence-electron chi connectivity index (χ1n) is 13.0. The van der Waals surface area contributed by atoms with E-state index in [2.05, 4.69) is 95.7 Å². The van der Waals surface area contributed by atoms with Crippen LogP contribution in [0.5, 0.6) is 11.5 Å². The number of aliphatic hydroxyl groups is 1. The maximum atomic E-state index is 9.70. The van der Waals surface area contributed by atoms with Crippen LogP contribution in [0, 0.1) is 0 Å². The summed E-state index contributed by atoms with van der Waals surface area (Å²) < 4.78 is 12.0. The molecule has 0 radical (unpaired) electrons. The van der Waals surface area contributed by atoms with Gasteiger partial charge in [-0.3, -0.25) is 0 Å². The van der Waals surface area contributed by atoms with E-state index >= 15 is 0 Å². The van der Waals surface area contributed by atoms with Crippen molar-refractivity contribution in [1.82, 2.24) is 0 Å². The van der Waals surface area contributed by atoms with Gasteiger partial charge in [0, 0.05) is 11.2 Å². The summed E-state index contributed by atoms with van der Waals surface area (Å²) >= 11 is 3.31. The van der Waals surface area contributed by atoms with Crippen molar-refractivity contribution < 1.29 is 14.6 Å². The Morgan fingerprint density at radius 1 is 0.886 bits per heavy atom. The highest BCUT2D eigenvalue weighted by Crippen LogP contribution is 2.47. The number of aryl methyl sites for hydroxylation is 1. The molecule has 0 saturated heterocycles. The summed E-state index contributed by atoms with van der Waals surface area (Å²) in [6, 6.07) is 26.3. The van der Waals surface area contributed by atoms with Crippen molar-refractivity contribution in [3.8, 4) is 11.5 Å². The Kier molecular flexibility index (Phi) is 9.67. The van der Waals surface area contributed by atoms with Crippen LogP contribution in [0.25, 0.3) is 0 Å². The number of hydrogen-bond donors (Lipinski definition) is 1. The Bertz CT molecular complexity index is 1030. The number of fused-ring (bicyclic) bond motifs is 1. The zero-order chi connectivity index (χ0) is 24.5. The molecule has 0 saturated carbocycles. The molecule has 0 bridgehead atoms. The smallest absolute Gasteiger partial charge is 0.119 e. The molecule has 1 unspecified atom stereocenters. The van der Waals surface area contributed by atoms with Gasteiger partial charge >= 0.3 is 0 Å². The molecule has 3 aromatic carbocycles. The molecule has 1 N–H and O–H groups in total. The fourth-order valence-electron chi connectivity index (χ4n) is 5.05. The van der Waals surface area contributed by atoms with Gasteiger partial charge in [0.25, 0.3) is 0 Å². The largest absolute Gasteiger partial charge is 0.494 e. The Labute approximate surface area is 218 Å². The van der Waals surface area contributed by atoms with Gasteiger partial charge in [0.05, 0.1) is 19.3 Å². The van der Waals surface area contributed by atoms with Crippen LogP contribution < -0.4 is 9.47 Å². The number of ether oxygens (including phenoxy) is 2. The molecule has 4 rings (SSSR count). The van der Waals surface area contributed by atoms with Gasteiger partial charge in [0.1, 0.15) is 11.5 Å². The minimum atomic E-state index is -0.306. The maximum Gasteiger partial charge on any atom is 0.119 e. The quantitative estimate of drug-likeness (QED) is 0.191. The third-order valence-electron chi connectivity index (χ3n) is 6.94. The molecule has 3 atom stereocenters. The summed E-state index contributed by atoms with van der Waals surface area (Å²) in [5.74, 6) is 2.61. The van der Waals surface area contributed by atoms with Crippen LogP contribution in [0.15, 0.2) is 72.8 Å². The highest BCUT2D eigenvalue weighted by molar-refractivity contribution is 9.09. The van der Waals surface area contributed by atoms with Crippen molar-refractivity contribution in [3.05, 3.63) is 95.1 Å². The van der Waals surface area contributed by atoms with E-state index in [9.17, 15) is 5.11 Å². The molecule has 1 aliphatic carbocycles. The van der Waals surface area contributed by atoms with E-state index in [-0.39, 0.29) is 6.10 Å². The van der Waals surface area contributed by atoms with Gasteiger partial charge in [0.15, 0.2) is 0 Å². The molecule has 0 amide bonds. The number of unbranched alkanes of at least 4 members (excludes halogenated alkanes) is 1. The third-order valence-corrected chi connectivity index (χ3v) is 7.69. The zero-order valence-corrected chi connectivity index (χ0v) is 22.3. The van der Waals surface area contributed by atoms with Crippen molar-refractivity contribution in [3.63, 3.8) is 0 Å². The first kappa shape index (κ1) is 25.8. The number of alkyl halides is 1. The third kappa shape index (κ3) is 6.89. The lowest BCUT2D eigenvalue weighted by Crippen LogP contribution is -2.20. The van der Waals surface area contributed by atoms with Crippen molar-refractivity contribution in [2.24, 2.45) is 0 Å². The molecule has 1 aliphatic rings. The number of benzene rings is 3. The number of halogens is 1. The summed E-state index contributed by atoms with van der Waals surface area (Å²) in [5.41, 5.74) is 5.53. The molecule has 3 nitrogen and oxygen atoms in total. The summed E-state index contributed by atoms with van der Waals surface area (Å²) in [5, 5.41) is 10.3. The molecule has 0 aromatic heterocycles. The molecule has 35 heavy (non-hydrogen) atoms.